The van der Waals surface area contributed by atoms with Crippen LogP contribution in [0.3, 0.4) is 0 Å². The van der Waals surface area contributed by atoms with Gasteiger partial charge in [-0.15, -0.1) is 0 Å². The molecule has 0 aromatic rings. The number of nitrogens with zero attached hydrogens (tertiary/aromatic N) is 2. The van der Waals surface area contributed by atoms with Crippen molar-refractivity contribution in [2.75, 3.05) is 67.6 Å². The van der Waals surface area contributed by atoms with Crippen LogP contribution in [0.15, 0.2) is 0 Å². The van der Waals surface area contributed by atoms with Gasteiger partial charge in [-0.2, -0.15) is 0 Å². The summed E-state index contributed by atoms with van der Waals surface area (Å²) in [6.45, 7) is 10.7. The van der Waals surface area contributed by atoms with Gasteiger partial charge in [0, 0.05) is 0 Å². The highest BCUT2D eigenvalue weighted by Gasteiger charge is 2.13. The van der Waals surface area contributed by atoms with Crippen LogP contribution in [0, 0.1) is 0 Å². The molecule has 0 amide bonds. The fourth-order valence-corrected chi connectivity index (χ4v) is 1.04. The first-order valence-corrected chi connectivity index (χ1v) is 6.05. The van der Waals surface area contributed by atoms with Crippen molar-refractivity contribution >= 4 is 0 Å². The van der Waals surface area contributed by atoms with Crippen LogP contribution in [0.1, 0.15) is 13.8 Å². The Hall–Kier alpha value is -0.120. The van der Waals surface area contributed by atoms with Gasteiger partial charge in [-0.25, -0.2) is 0 Å². The number of hydrogen-bond donors (Lipinski definition) is 0. The number of likely N-dealkylation sites (N-methyl/N-ethyl adjacent to an activating group) is 2. The molecule has 0 aromatic heterocycles. The molecule has 3 nitrogen and oxygen atoms in total. The highest BCUT2D eigenvalue weighted by atomic mass is 16.5. The largest absolute Gasteiger partial charge is 0.370 e. The number of ether oxygens (including phenoxy) is 1. The van der Waals surface area contributed by atoms with Gasteiger partial charge in [-0.1, -0.05) is 0 Å². The van der Waals surface area contributed by atoms with Crippen molar-refractivity contribution < 1.29 is 13.7 Å². The fourth-order valence-electron chi connectivity index (χ4n) is 1.04. The Morgan fingerprint density at radius 3 is 1.33 bits per heavy atom. The molecule has 0 radical (unpaired) electrons. The minimum Gasteiger partial charge on any atom is -0.370 e. The number of hydrogen-bond acceptors (Lipinski definition) is 1. The van der Waals surface area contributed by atoms with Gasteiger partial charge in [0.05, 0.1) is 54.5 Å². The molecule has 0 saturated carbocycles. The van der Waals surface area contributed by atoms with Crippen LogP contribution in [0.4, 0.5) is 0 Å². The highest BCUT2D eigenvalue weighted by molar-refractivity contribution is 4.34. The molecule has 0 rings (SSSR count). The minimum atomic E-state index is 0.880. The summed E-state index contributed by atoms with van der Waals surface area (Å²) in [6, 6.07) is 0. The predicted octanol–water partition coefficient (Wildman–Crippen LogP) is 1.20. The van der Waals surface area contributed by atoms with Gasteiger partial charge in [0.15, 0.2) is 0 Å². The van der Waals surface area contributed by atoms with Crippen molar-refractivity contribution in [2.45, 2.75) is 13.8 Å². The summed E-state index contributed by atoms with van der Waals surface area (Å²) in [4.78, 5) is 0. The van der Waals surface area contributed by atoms with E-state index in [-0.39, 0.29) is 0 Å². The van der Waals surface area contributed by atoms with Gasteiger partial charge in [0.1, 0.15) is 13.1 Å². The highest BCUT2D eigenvalue weighted by Crippen LogP contribution is 1.97. The van der Waals surface area contributed by atoms with Crippen LogP contribution in [0.25, 0.3) is 0 Å². The Bertz CT molecular complexity index is 149. The summed E-state index contributed by atoms with van der Waals surface area (Å²) >= 11 is 0. The molecule has 0 heterocycles. The average Bonchev–Trinajstić information content (AvgIpc) is 2.17. The van der Waals surface area contributed by atoms with E-state index in [1.54, 1.807) is 0 Å². The van der Waals surface area contributed by atoms with Crippen LogP contribution < -0.4 is 0 Å². The second kappa shape index (κ2) is 6.46. The topological polar surface area (TPSA) is 9.23 Å². The quantitative estimate of drug-likeness (QED) is 0.439. The van der Waals surface area contributed by atoms with E-state index in [0.29, 0.717) is 0 Å². The van der Waals surface area contributed by atoms with Crippen LogP contribution >= 0.6 is 0 Å². The molecule has 0 N–H and O–H groups in total. The third kappa shape index (κ3) is 7.77. The lowest BCUT2D eigenvalue weighted by atomic mass is 10.4. The molecular formula is C12H30N2O+2. The van der Waals surface area contributed by atoms with Crippen molar-refractivity contribution in [2.24, 2.45) is 0 Å². The summed E-state index contributed by atoms with van der Waals surface area (Å²) in [7, 11) is 8.98. The van der Waals surface area contributed by atoms with Gasteiger partial charge < -0.3 is 13.7 Å². The third-order valence-corrected chi connectivity index (χ3v) is 3.39. The van der Waals surface area contributed by atoms with E-state index in [1.165, 1.54) is 13.1 Å². The molecule has 0 aromatic carbocycles. The van der Waals surface area contributed by atoms with E-state index < -0.39 is 0 Å². The summed E-state index contributed by atoms with van der Waals surface area (Å²) in [6.07, 6.45) is 0. The molecule has 92 valence electrons. The Labute approximate surface area is 95.8 Å². The van der Waals surface area contributed by atoms with Crippen molar-refractivity contribution in [3.8, 4) is 0 Å². The monoisotopic (exact) mass is 218 g/mol. The Morgan fingerprint density at radius 1 is 0.733 bits per heavy atom. The minimum absolute atomic E-state index is 0.880. The first-order valence-electron chi connectivity index (χ1n) is 6.05. The number of quaternary nitrogens is 2. The molecule has 15 heavy (non-hydrogen) atoms. The van der Waals surface area contributed by atoms with Crippen LogP contribution in [-0.2, 0) is 4.74 Å². The molecule has 3 heteroatoms. The molecule has 0 unspecified atom stereocenters. The van der Waals surface area contributed by atoms with Crippen molar-refractivity contribution in [1.29, 1.82) is 0 Å². The zero-order valence-corrected chi connectivity index (χ0v) is 11.5. The molecule has 0 saturated heterocycles. The molecule has 0 spiro atoms. The Balaban J connectivity index is 3.48. The van der Waals surface area contributed by atoms with E-state index in [9.17, 15) is 0 Å². The molecule has 0 aliphatic rings. The van der Waals surface area contributed by atoms with Crippen LogP contribution in [-0.4, -0.2) is 76.5 Å². The van der Waals surface area contributed by atoms with Crippen LogP contribution in [0.5, 0.6) is 0 Å². The average molecular weight is 218 g/mol. The van der Waals surface area contributed by atoms with E-state index in [1.807, 2.05) is 0 Å². The zero-order chi connectivity index (χ0) is 11.9. The van der Waals surface area contributed by atoms with E-state index in [4.69, 9.17) is 4.74 Å². The van der Waals surface area contributed by atoms with E-state index >= 15 is 0 Å². The predicted molar refractivity (Wildman–Crippen MR) is 65.9 cm³/mol. The summed E-state index contributed by atoms with van der Waals surface area (Å²) in [5, 5.41) is 0. The van der Waals surface area contributed by atoms with Gasteiger partial charge in [0.25, 0.3) is 0 Å². The van der Waals surface area contributed by atoms with E-state index in [2.05, 4.69) is 42.0 Å². The molecule has 0 aliphatic heterocycles. The maximum atomic E-state index is 5.68. The maximum Gasteiger partial charge on any atom is 0.102 e. The standard InChI is InChI=1S/C12H30N2O/c1-7-13(3,4)9-11-15-12-10-14(5,6)8-2/h7-12H2,1-6H3/q+2. The smallest absolute Gasteiger partial charge is 0.102 e. The SMILES string of the molecule is CC[N+](C)(C)CCOCC[N+](C)(C)CC. The summed E-state index contributed by atoms with van der Waals surface area (Å²) in [5.41, 5.74) is 0. The second-order valence-corrected chi connectivity index (χ2v) is 5.56. The lowest BCUT2D eigenvalue weighted by molar-refractivity contribution is -0.892. The first-order chi connectivity index (χ1) is 6.83. The second-order valence-electron chi connectivity index (χ2n) is 5.56. The third-order valence-electron chi connectivity index (χ3n) is 3.39. The summed E-state index contributed by atoms with van der Waals surface area (Å²) in [5.74, 6) is 0. The van der Waals surface area contributed by atoms with Crippen LogP contribution in [0.2, 0.25) is 0 Å². The van der Waals surface area contributed by atoms with E-state index in [0.717, 1.165) is 35.3 Å². The lowest BCUT2D eigenvalue weighted by Crippen LogP contribution is -2.44. The van der Waals surface area contributed by atoms with Crippen molar-refractivity contribution in [1.82, 2.24) is 0 Å². The molecule has 0 fully saturated rings. The molecule has 0 atom stereocenters. The van der Waals surface area contributed by atoms with Gasteiger partial charge >= 0.3 is 0 Å². The van der Waals surface area contributed by atoms with Gasteiger partial charge in [-0.3, -0.25) is 0 Å². The first kappa shape index (κ1) is 14.9. The Kier molecular flexibility index (Phi) is 6.41. The normalized spacial score (nSPS) is 13.2. The zero-order valence-electron chi connectivity index (χ0n) is 11.5. The van der Waals surface area contributed by atoms with Gasteiger partial charge in [0.2, 0.25) is 0 Å². The van der Waals surface area contributed by atoms with Crippen molar-refractivity contribution in [3.63, 3.8) is 0 Å². The lowest BCUT2D eigenvalue weighted by Gasteiger charge is -2.29. The molecule has 0 bridgehead atoms. The van der Waals surface area contributed by atoms with Crippen molar-refractivity contribution in [3.05, 3.63) is 0 Å². The molecule has 0 aliphatic carbocycles. The van der Waals surface area contributed by atoms with Gasteiger partial charge in [-0.05, 0) is 13.8 Å². The molecular weight excluding hydrogens is 188 g/mol. The maximum absolute atomic E-state index is 5.68. The fraction of sp³-hybridized carbons (Fsp3) is 1.00. The summed E-state index contributed by atoms with van der Waals surface area (Å²) < 4.78 is 7.77. The Morgan fingerprint density at radius 2 is 1.07 bits per heavy atom. The number of rotatable bonds is 8.